The maximum atomic E-state index is 13.1. The zero-order valence-corrected chi connectivity index (χ0v) is 20.0. The number of rotatable bonds is 7. The Balaban J connectivity index is 1.58. The van der Waals surface area contributed by atoms with Crippen LogP contribution in [0.5, 0.6) is 0 Å². The second kappa shape index (κ2) is 10.3. The predicted octanol–water partition coefficient (Wildman–Crippen LogP) is 5.30. The molecule has 168 valence electrons. The number of likely N-dealkylation sites (tertiary alicyclic amines) is 1. The van der Waals surface area contributed by atoms with E-state index >= 15 is 0 Å². The van der Waals surface area contributed by atoms with Crippen molar-refractivity contribution in [3.63, 3.8) is 0 Å². The van der Waals surface area contributed by atoms with Crippen molar-refractivity contribution in [3.8, 4) is 5.69 Å². The molecule has 1 fully saturated rings. The van der Waals surface area contributed by atoms with Crippen molar-refractivity contribution in [2.24, 2.45) is 0 Å². The average molecular weight is 449 g/mol. The number of carbonyl (C=O) groups is 1. The molecule has 1 aliphatic rings. The smallest absolute Gasteiger partial charge is 0.233 e. The molecule has 2 heterocycles. The molecule has 0 unspecified atom stereocenters. The first-order valence-corrected chi connectivity index (χ1v) is 12.6. The highest BCUT2D eigenvalue weighted by Gasteiger charge is 2.29. The molecular weight excluding hydrogens is 416 g/mol. The lowest BCUT2D eigenvalue weighted by Gasteiger charge is -2.39. The lowest BCUT2D eigenvalue weighted by Crippen LogP contribution is -2.48. The summed E-state index contributed by atoms with van der Waals surface area (Å²) in [5.74, 6) is 1.45. The molecule has 4 rings (SSSR count). The van der Waals surface area contributed by atoms with Crippen LogP contribution >= 0.6 is 11.8 Å². The number of nitrogens with zero attached hydrogens (tertiary/aromatic N) is 4. The second-order valence-corrected chi connectivity index (χ2v) is 9.58. The van der Waals surface area contributed by atoms with Gasteiger partial charge in [-0.05, 0) is 62.8 Å². The molecule has 0 radical (unpaired) electrons. The van der Waals surface area contributed by atoms with E-state index in [0.29, 0.717) is 24.3 Å². The summed E-state index contributed by atoms with van der Waals surface area (Å²) in [6, 6.07) is 19.5. The largest absolute Gasteiger partial charge is 0.337 e. The maximum absolute atomic E-state index is 13.1. The fourth-order valence-corrected chi connectivity index (χ4v) is 5.38. The Morgan fingerprint density at radius 1 is 0.969 bits per heavy atom. The lowest BCUT2D eigenvalue weighted by molar-refractivity contribution is -0.134. The van der Waals surface area contributed by atoms with Gasteiger partial charge < -0.3 is 4.90 Å². The van der Waals surface area contributed by atoms with Crippen molar-refractivity contribution in [3.05, 3.63) is 71.5 Å². The van der Waals surface area contributed by atoms with Crippen LogP contribution in [-0.4, -0.2) is 43.4 Å². The molecule has 2 atom stereocenters. The third kappa shape index (κ3) is 5.07. The summed E-state index contributed by atoms with van der Waals surface area (Å²) in [7, 11) is 0. The first-order valence-electron chi connectivity index (χ1n) is 11.6. The standard InChI is InChI=1S/C26H32N4OS/c1-4-21-13-15-23(16-14-21)30-24(17-22-11-6-5-7-12-22)27-28-26(30)32-18-25(31)29-19(2)9-8-10-20(29)3/h5-7,11-16,19-20H,4,8-10,17-18H2,1-3H3/t19-,20-/m1/s1. The molecule has 0 saturated carbocycles. The fraction of sp³-hybridized carbons (Fsp3) is 0.423. The summed E-state index contributed by atoms with van der Waals surface area (Å²) < 4.78 is 2.10. The minimum Gasteiger partial charge on any atom is -0.337 e. The van der Waals surface area contributed by atoms with E-state index in [0.717, 1.165) is 35.9 Å². The van der Waals surface area contributed by atoms with E-state index < -0.39 is 0 Å². The molecule has 0 spiro atoms. The van der Waals surface area contributed by atoms with E-state index in [1.54, 1.807) is 0 Å². The number of thioether (sulfide) groups is 1. The Morgan fingerprint density at radius 2 is 1.66 bits per heavy atom. The summed E-state index contributed by atoms with van der Waals surface area (Å²) in [4.78, 5) is 15.1. The second-order valence-electron chi connectivity index (χ2n) is 8.64. The van der Waals surface area contributed by atoms with Crippen LogP contribution in [0.25, 0.3) is 5.69 Å². The molecular formula is C26H32N4OS. The predicted molar refractivity (Wildman–Crippen MR) is 130 cm³/mol. The number of hydrogen-bond acceptors (Lipinski definition) is 4. The summed E-state index contributed by atoms with van der Waals surface area (Å²) in [6.07, 6.45) is 5.06. The number of aromatic nitrogens is 3. The van der Waals surface area contributed by atoms with E-state index in [4.69, 9.17) is 0 Å². The fourth-order valence-electron chi connectivity index (χ4n) is 4.54. The molecule has 5 nitrogen and oxygen atoms in total. The zero-order chi connectivity index (χ0) is 22.5. The van der Waals surface area contributed by atoms with Gasteiger partial charge in [0.1, 0.15) is 5.82 Å². The molecule has 0 bridgehead atoms. The van der Waals surface area contributed by atoms with Gasteiger partial charge in [-0.25, -0.2) is 0 Å². The number of piperidine rings is 1. The molecule has 0 aliphatic carbocycles. The van der Waals surface area contributed by atoms with E-state index in [1.807, 2.05) is 18.2 Å². The number of aryl methyl sites for hydroxylation is 1. The Hall–Kier alpha value is -2.60. The highest BCUT2D eigenvalue weighted by Crippen LogP contribution is 2.27. The number of hydrogen-bond donors (Lipinski definition) is 0. The molecule has 1 amide bonds. The Bertz CT molecular complexity index is 1020. The molecule has 1 aromatic heterocycles. The van der Waals surface area contributed by atoms with Crippen LogP contribution < -0.4 is 0 Å². The van der Waals surface area contributed by atoms with Gasteiger partial charge in [-0.15, -0.1) is 10.2 Å². The van der Waals surface area contributed by atoms with E-state index in [1.165, 1.54) is 29.3 Å². The average Bonchev–Trinajstić information content (AvgIpc) is 3.20. The van der Waals surface area contributed by atoms with Crippen LogP contribution in [0.3, 0.4) is 0 Å². The van der Waals surface area contributed by atoms with E-state index in [-0.39, 0.29) is 5.91 Å². The van der Waals surface area contributed by atoms with Gasteiger partial charge in [-0.3, -0.25) is 9.36 Å². The third-order valence-electron chi connectivity index (χ3n) is 6.31. The topological polar surface area (TPSA) is 51.0 Å². The summed E-state index contributed by atoms with van der Waals surface area (Å²) >= 11 is 1.49. The quantitative estimate of drug-likeness (QED) is 0.460. The summed E-state index contributed by atoms with van der Waals surface area (Å²) in [5.41, 5.74) is 3.52. The lowest BCUT2D eigenvalue weighted by atomic mass is 9.98. The first kappa shape index (κ1) is 22.6. The van der Waals surface area contributed by atoms with Crippen molar-refractivity contribution in [1.82, 2.24) is 19.7 Å². The van der Waals surface area contributed by atoms with Gasteiger partial charge in [-0.1, -0.05) is 61.2 Å². The SMILES string of the molecule is CCc1ccc(-n2c(Cc3ccccc3)nnc2SCC(=O)N2[C@H](C)CCC[C@H]2C)cc1. The van der Waals surface area contributed by atoms with E-state index in [9.17, 15) is 4.79 Å². The van der Waals surface area contributed by atoms with Crippen LogP contribution in [0.4, 0.5) is 0 Å². The molecule has 32 heavy (non-hydrogen) atoms. The molecule has 0 N–H and O–H groups in total. The molecule has 6 heteroatoms. The Labute approximate surface area is 195 Å². The molecule has 3 aromatic rings. The number of benzene rings is 2. The van der Waals surface area contributed by atoms with Crippen LogP contribution in [0.2, 0.25) is 0 Å². The van der Waals surface area contributed by atoms with E-state index in [2.05, 4.69) is 76.8 Å². The first-order chi connectivity index (χ1) is 15.6. The molecule has 1 saturated heterocycles. The van der Waals surface area contributed by atoms with Crippen LogP contribution in [-0.2, 0) is 17.6 Å². The van der Waals surface area contributed by atoms with Crippen LogP contribution in [0.1, 0.15) is 57.0 Å². The van der Waals surface area contributed by atoms with Crippen molar-refractivity contribution in [2.75, 3.05) is 5.75 Å². The highest BCUT2D eigenvalue weighted by molar-refractivity contribution is 7.99. The Morgan fingerprint density at radius 3 is 2.31 bits per heavy atom. The monoisotopic (exact) mass is 448 g/mol. The minimum atomic E-state index is 0.190. The van der Waals surface area contributed by atoms with Gasteiger partial charge >= 0.3 is 0 Å². The van der Waals surface area contributed by atoms with Gasteiger partial charge in [-0.2, -0.15) is 0 Å². The highest BCUT2D eigenvalue weighted by atomic mass is 32.2. The van der Waals surface area contributed by atoms with Crippen molar-refractivity contribution < 1.29 is 4.79 Å². The van der Waals surface area contributed by atoms with Crippen LogP contribution in [0.15, 0.2) is 59.8 Å². The third-order valence-corrected chi connectivity index (χ3v) is 7.23. The van der Waals surface area contributed by atoms with Gasteiger partial charge in [0.05, 0.1) is 5.75 Å². The Kier molecular flexibility index (Phi) is 7.30. The normalized spacial score (nSPS) is 18.7. The van der Waals surface area contributed by atoms with Gasteiger partial charge in [0.15, 0.2) is 5.16 Å². The number of amides is 1. The molecule has 1 aliphatic heterocycles. The molecule has 2 aromatic carbocycles. The number of carbonyl (C=O) groups excluding carboxylic acids is 1. The minimum absolute atomic E-state index is 0.190. The van der Waals surface area contributed by atoms with Gasteiger partial charge in [0.25, 0.3) is 0 Å². The van der Waals surface area contributed by atoms with Crippen molar-refractivity contribution in [2.45, 2.75) is 70.1 Å². The van der Waals surface area contributed by atoms with Gasteiger partial charge in [0, 0.05) is 24.2 Å². The summed E-state index contributed by atoms with van der Waals surface area (Å²) in [6.45, 7) is 6.48. The van der Waals surface area contributed by atoms with Crippen molar-refractivity contribution in [1.29, 1.82) is 0 Å². The van der Waals surface area contributed by atoms with Crippen LogP contribution in [0, 0.1) is 0 Å². The van der Waals surface area contributed by atoms with Gasteiger partial charge in [0.2, 0.25) is 5.91 Å². The van der Waals surface area contributed by atoms with Crippen molar-refractivity contribution >= 4 is 17.7 Å². The zero-order valence-electron chi connectivity index (χ0n) is 19.2. The maximum Gasteiger partial charge on any atom is 0.233 e. The summed E-state index contributed by atoms with van der Waals surface area (Å²) in [5, 5.41) is 9.78.